The monoisotopic (exact) mass is 258 g/mol. The van der Waals surface area contributed by atoms with E-state index in [9.17, 15) is 4.79 Å². The second-order valence-electron chi connectivity index (χ2n) is 4.53. The summed E-state index contributed by atoms with van der Waals surface area (Å²) in [7, 11) is 0. The minimum absolute atomic E-state index is 0.0978. The average Bonchev–Trinajstić information content (AvgIpc) is 2.85. The Kier molecular flexibility index (Phi) is 4.36. The molecule has 19 heavy (non-hydrogen) atoms. The van der Waals surface area contributed by atoms with E-state index in [1.54, 1.807) is 6.07 Å². The van der Waals surface area contributed by atoms with Crippen LogP contribution >= 0.6 is 0 Å². The van der Waals surface area contributed by atoms with Gasteiger partial charge in [-0.3, -0.25) is 4.79 Å². The largest absolute Gasteiger partial charge is 0.459 e. The predicted octanol–water partition coefficient (Wildman–Crippen LogP) is 1.89. The molecule has 1 aromatic carbocycles. The average molecular weight is 258 g/mol. The maximum atomic E-state index is 12.0. The van der Waals surface area contributed by atoms with Crippen molar-refractivity contribution >= 4 is 5.91 Å². The number of furan rings is 1. The fourth-order valence-electron chi connectivity index (χ4n) is 1.95. The van der Waals surface area contributed by atoms with Gasteiger partial charge in [-0.1, -0.05) is 30.3 Å². The first-order valence-electron chi connectivity index (χ1n) is 6.29. The van der Waals surface area contributed by atoms with Crippen LogP contribution in [0.3, 0.4) is 0 Å². The molecular formula is C15H18N2O2. The van der Waals surface area contributed by atoms with Crippen molar-refractivity contribution in [3.63, 3.8) is 0 Å². The van der Waals surface area contributed by atoms with Crippen LogP contribution < -0.4 is 11.1 Å². The van der Waals surface area contributed by atoms with Crippen molar-refractivity contribution in [1.29, 1.82) is 0 Å². The summed E-state index contributed by atoms with van der Waals surface area (Å²) in [5, 5.41) is 2.90. The summed E-state index contributed by atoms with van der Waals surface area (Å²) in [4.78, 5) is 12.0. The van der Waals surface area contributed by atoms with Gasteiger partial charge in [-0.05, 0) is 25.0 Å². The Hall–Kier alpha value is -2.07. The zero-order valence-corrected chi connectivity index (χ0v) is 10.9. The lowest BCUT2D eigenvalue weighted by molar-refractivity contribution is 0.0909. The number of hydrogen-bond donors (Lipinski definition) is 2. The van der Waals surface area contributed by atoms with Crippen LogP contribution in [0.4, 0.5) is 0 Å². The molecule has 0 aliphatic heterocycles. The quantitative estimate of drug-likeness (QED) is 0.860. The zero-order chi connectivity index (χ0) is 13.7. The van der Waals surface area contributed by atoms with Crippen LogP contribution in [0.5, 0.6) is 0 Å². The van der Waals surface area contributed by atoms with Crippen molar-refractivity contribution in [3.8, 4) is 0 Å². The van der Waals surface area contributed by atoms with Crippen molar-refractivity contribution in [2.75, 3.05) is 6.54 Å². The lowest BCUT2D eigenvalue weighted by Gasteiger charge is -2.16. The molecule has 1 atom stereocenters. The van der Waals surface area contributed by atoms with Gasteiger partial charge in [0.1, 0.15) is 0 Å². The fourth-order valence-corrected chi connectivity index (χ4v) is 1.95. The fraction of sp³-hybridized carbons (Fsp3) is 0.267. The topological polar surface area (TPSA) is 68.3 Å². The number of carbonyl (C=O) groups excluding carboxylic acids is 1. The number of amides is 1. The molecule has 0 saturated heterocycles. The van der Waals surface area contributed by atoms with E-state index in [1.807, 2.05) is 37.3 Å². The van der Waals surface area contributed by atoms with Crippen LogP contribution in [0.15, 0.2) is 47.1 Å². The van der Waals surface area contributed by atoms with Gasteiger partial charge in [-0.25, -0.2) is 0 Å². The standard InChI is InChI=1S/C15H18N2O2/c1-11-7-8-19-14(11)15(18)17-13(10-16)9-12-5-3-2-4-6-12/h2-8,13H,9-10,16H2,1H3,(H,17,18). The summed E-state index contributed by atoms with van der Waals surface area (Å²) in [6, 6.07) is 11.6. The molecule has 1 aromatic heterocycles. The molecule has 3 N–H and O–H groups in total. The molecule has 100 valence electrons. The number of aryl methyl sites for hydroxylation is 1. The molecule has 4 nitrogen and oxygen atoms in total. The van der Waals surface area contributed by atoms with Crippen LogP contribution in [0.2, 0.25) is 0 Å². The predicted molar refractivity (Wildman–Crippen MR) is 73.9 cm³/mol. The third-order valence-corrected chi connectivity index (χ3v) is 3.01. The smallest absolute Gasteiger partial charge is 0.287 e. The lowest BCUT2D eigenvalue weighted by atomic mass is 10.1. The maximum absolute atomic E-state index is 12.0. The SMILES string of the molecule is Cc1ccoc1C(=O)NC(CN)Cc1ccccc1. The molecule has 0 saturated carbocycles. The van der Waals surface area contributed by atoms with Crippen LogP contribution in [0, 0.1) is 6.92 Å². The van der Waals surface area contributed by atoms with Gasteiger partial charge in [0, 0.05) is 18.2 Å². The first-order valence-corrected chi connectivity index (χ1v) is 6.29. The second kappa shape index (κ2) is 6.20. The molecule has 0 spiro atoms. The molecule has 1 unspecified atom stereocenters. The highest BCUT2D eigenvalue weighted by Gasteiger charge is 2.17. The molecule has 2 aromatic rings. The molecule has 2 rings (SSSR count). The van der Waals surface area contributed by atoms with Crippen LogP contribution in [0.25, 0.3) is 0 Å². The first kappa shape index (κ1) is 13.4. The third kappa shape index (κ3) is 3.45. The van der Waals surface area contributed by atoms with Crippen molar-refractivity contribution in [2.24, 2.45) is 5.73 Å². The Bertz CT molecular complexity index is 534. The van der Waals surface area contributed by atoms with Crippen molar-refractivity contribution < 1.29 is 9.21 Å². The molecular weight excluding hydrogens is 240 g/mol. The van der Waals surface area contributed by atoms with E-state index in [0.717, 1.165) is 11.1 Å². The molecule has 1 heterocycles. The minimum Gasteiger partial charge on any atom is -0.459 e. The van der Waals surface area contributed by atoms with E-state index >= 15 is 0 Å². The molecule has 4 heteroatoms. The molecule has 0 aliphatic rings. The molecule has 1 amide bonds. The van der Waals surface area contributed by atoms with Gasteiger partial charge < -0.3 is 15.5 Å². The zero-order valence-electron chi connectivity index (χ0n) is 10.9. The van der Waals surface area contributed by atoms with E-state index in [-0.39, 0.29) is 11.9 Å². The van der Waals surface area contributed by atoms with Gasteiger partial charge in [-0.15, -0.1) is 0 Å². The normalized spacial score (nSPS) is 12.1. The number of nitrogens with one attached hydrogen (secondary N) is 1. The number of carbonyl (C=O) groups is 1. The van der Waals surface area contributed by atoms with E-state index in [2.05, 4.69) is 5.32 Å². The van der Waals surface area contributed by atoms with Crippen molar-refractivity contribution in [1.82, 2.24) is 5.32 Å². The van der Waals surface area contributed by atoms with Gasteiger partial charge in [0.2, 0.25) is 0 Å². The Balaban J connectivity index is 2.00. The van der Waals surface area contributed by atoms with Gasteiger partial charge in [-0.2, -0.15) is 0 Å². The third-order valence-electron chi connectivity index (χ3n) is 3.01. The Morgan fingerprint density at radius 1 is 1.32 bits per heavy atom. The number of nitrogens with two attached hydrogens (primary N) is 1. The summed E-state index contributed by atoms with van der Waals surface area (Å²) >= 11 is 0. The Morgan fingerprint density at radius 2 is 2.05 bits per heavy atom. The minimum atomic E-state index is -0.214. The molecule has 0 aliphatic carbocycles. The van der Waals surface area contributed by atoms with E-state index in [0.29, 0.717) is 18.7 Å². The molecule has 0 fully saturated rings. The number of hydrogen-bond acceptors (Lipinski definition) is 3. The van der Waals surface area contributed by atoms with Gasteiger partial charge >= 0.3 is 0 Å². The van der Waals surface area contributed by atoms with Gasteiger partial charge in [0.25, 0.3) is 5.91 Å². The summed E-state index contributed by atoms with van der Waals surface area (Å²) in [5.74, 6) is 0.139. The number of benzene rings is 1. The molecule has 0 bridgehead atoms. The van der Waals surface area contributed by atoms with E-state index in [4.69, 9.17) is 10.2 Å². The van der Waals surface area contributed by atoms with E-state index in [1.165, 1.54) is 6.26 Å². The number of rotatable bonds is 5. The highest BCUT2D eigenvalue weighted by atomic mass is 16.3. The Labute approximate surface area is 112 Å². The second-order valence-corrected chi connectivity index (χ2v) is 4.53. The lowest BCUT2D eigenvalue weighted by Crippen LogP contribution is -2.41. The van der Waals surface area contributed by atoms with Crippen molar-refractivity contribution in [2.45, 2.75) is 19.4 Å². The highest BCUT2D eigenvalue weighted by Crippen LogP contribution is 2.09. The van der Waals surface area contributed by atoms with Crippen molar-refractivity contribution in [3.05, 3.63) is 59.5 Å². The molecule has 0 radical (unpaired) electrons. The van der Waals surface area contributed by atoms with Gasteiger partial charge in [0.15, 0.2) is 5.76 Å². The summed E-state index contributed by atoms with van der Waals surface area (Å²) in [5.41, 5.74) is 7.69. The van der Waals surface area contributed by atoms with Crippen LogP contribution in [-0.2, 0) is 6.42 Å². The summed E-state index contributed by atoms with van der Waals surface area (Å²) in [6.45, 7) is 2.23. The van der Waals surface area contributed by atoms with Gasteiger partial charge in [0.05, 0.1) is 6.26 Å². The summed E-state index contributed by atoms with van der Waals surface area (Å²) in [6.07, 6.45) is 2.22. The van der Waals surface area contributed by atoms with E-state index < -0.39 is 0 Å². The highest BCUT2D eigenvalue weighted by molar-refractivity contribution is 5.93. The van der Waals surface area contributed by atoms with Crippen LogP contribution in [-0.4, -0.2) is 18.5 Å². The Morgan fingerprint density at radius 3 is 2.63 bits per heavy atom. The van der Waals surface area contributed by atoms with Crippen LogP contribution in [0.1, 0.15) is 21.7 Å². The summed E-state index contributed by atoms with van der Waals surface area (Å²) < 4.78 is 5.17. The first-order chi connectivity index (χ1) is 9.20. The maximum Gasteiger partial charge on any atom is 0.287 e.